The lowest BCUT2D eigenvalue weighted by Gasteiger charge is -2.27. The van der Waals surface area contributed by atoms with Crippen LogP contribution in [0.25, 0.3) is 0 Å². The van der Waals surface area contributed by atoms with Gasteiger partial charge in [0.1, 0.15) is 6.04 Å². The minimum absolute atomic E-state index is 0.0464. The molecule has 2 rings (SSSR count). The van der Waals surface area contributed by atoms with E-state index < -0.39 is 46.3 Å². The van der Waals surface area contributed by atoms with Crippen LogP contribution in [0.5, 0.6) is 0 Å². The summed E-state index contributed by atoms with van der Waals surface area (Å²) in [5, 5.41) is 2.86. The third-order valence-electron chi connectivity index (χ3n) is 4.97. The molecular weight excluding hydrogens is 432 g/mol. The molecule has 1 N–H and O–H groups in total. The number of likely N-dealkylation sites (N-methyl/N-ethyl adjacent to an activating group) is 1. The summed E-state index contributed by atoms with van der Waals surface area (Å²) in [7, 11) is -3.14. The van der Waals surface area contributed by atoms with E-state index in [2.05, 4.69) is 5.32 Å². The molecule has 0 bridgehead atoms. The maximum atomic E-state index is 12.5. The molecule has 0 aliphatic carbocycles. The number of esters is 1. The molecule has 2 amide bonds. The van der Waals surface area contributed by atoms with E-state index in [0.717, 1.165) is 0 Å². The second-order valence-electron chi connectivity index (χ2n) is 7.52. The molecule has 10 heteroatoms. The van der Waals surface area contributed by atoms with Gasteiger partial charge in [-0.3, -0.25) is 9.59 Å². The molecule has 0 aromatic heterocycles. The first kappa shape index (κ1) is 24.1. The number of hydrogen-bond acceptors (Lipinski definition) is 6. The number of carbonyl (C=O) groups is 3. The van der Waals surface area contributed by atoms with Crippen LogP contribution in [0, 0.1) is 5.92 Å². The lowest BCUT2D eigenvalue weighted by Crippen LogP contribution is -2.47. The quantitative estimate of drug-likeness (QED) is 0.593. The molecule has 1 aliphatic rings. The Bertz CT molecular complexity index is 902. The molecule has 0 radical (unpaired) electrons. The molecule has 1 aromatic carbocycles. The number of rotatable bonds is 8. The number of benzene rings is 1. The number of amides is 2. The number of sulfone groups is 1. The highest BCUT2D eigenvalue weighted by atomic mass is 35.5. The molecular formula is C20H27ClN2O6S. The molecule has 30 heavy (non-hydrogen) atoms. The van der Waals surface area contributed by atoms with E-state index in [1.165, 1.54) is 4.90 Å². The van der Waals surface area contributed by atoms with Crippen molar-refractivity contribution in [3.05, 3.63) is 34.9 Å². The largest absolute Gasteiger partial charge is 0.454 e. The maximum Gasteiger partial charge on any atom is 0.329 e. The molecule has 1 fully saturated rings. The molecule has 8 nitrogen and oxygen atoms in total. The van der Waals surface area contributed by atoms with Gasteiger partial charge in [0, 0.05) is 12.6 Å². The highest BCUT2D eigenvalue weighted by molar-refractivity contribution is 7.91. The minimum atomic E-state index is -3.14. The van der Waals surface area contributed by atoms with Crippen molar-refractivity contribution in [3.63, 3.8) is 0 Å². The van der Waals surface area contributed by atoms with Crippen LogP contribution in [0.3, 0.4) is 0 Å². The van der Waals surface area contributed by atoms with E-state index in [1.54, 1.807) is 45.0 Å². The van der Waals surface area contributed by atoms with Crippen molar-refractivity contribution in [1.82, 2.24) is 10.2 Å². The van der Waals surface area contributed by atoms with Crippen molar-refractivity contribution in [2.75, 3.05) is 24.7 Å². The number of carbonyl (C=O) groups excluding carboxylic acids is 3. The topological polar surface area (TPSA) is 110 Å². The average Bonchev–Trinajstić information content (AvgIpc) is 3.04. The van der Waals surface area contributed by atoms with E-state index in [9.17, 15) is 22.8 Å². The summed E-state index contributed by atoms with van der Waals surface area (Å²) >= 11 is 6.03. The Morgan fingerprint density at radius 3 is 2.47 bits per heavy atom. The number of nitrogens with zero attached hydrogens (tertiary/aromatic N) is 1. The van der Waals surface area contributed by atoms with Gasteiger partial charge in [0.2, 0.25) is 0 Å². The second-order valence-corrected chi connectivity index (χ2v) is 10.2. The monoisotopic (exact) mass is 458 g/mol. The summed E-state index contributed by atoms with van der Waals surface area (Å²) in [5.41, 5.74) is 0.230. The number of nitrogens with one attached hydrogen (secondary N) is 1. The summed E-state index contributed by atoms with van der Waals surface area (Å²) in [6.45, 7) is 5.01. The number of hydrogen-bond donors (Lipinski definition) is 1. The van der Waals surface area contributed by atoms with Gasteiger partial charge in [0.15, 0.2) is 16.4 Å². The van der Waals surface area contributed by atoms with E-state index >= 15 is 0 Å². The SMILES string of the molecule is CCN(C(=O)COC(=O)[C@@H](NC(=O)c1ccccc1Cl)C(C)C)C1CCS(=O)(=O)C1. The van der Waals surface area contributed by atoms with Crippen LogP contribution >= 0.6 is 11.6 Å². The number of ether oxygens (including phenoxy) is 1. The first-order valence-electron chi connectivity index (χ1n) is 9.77. The van der Waals surface area contributed by atoms with Crippen molar-refractivity contribution in [2.45, 2.75) is 39.3 Å². The van der Waals surface area contributed by atoms with Crippen LogP contribution in [0.2, 0.25) is 5.02 Å². The standard InChI is InChI=1S/C20H27ClN2O6S/c1-4-23(14-9-10-30(27,28)12-14)17(24)11-29-20(26)18(13(2)3)22-19(25)15-7-5-6-8-16(15)21/h5-8,13-14,18H,4,9-12H2,1-3H3,(H,22,25)/t14?,18-/m0/s1. The fourth-order valence-corrected chi connectivity index (χ4v) is 5.28. The number of halogens is 1. The molecule has 1 aliphatic heterocycles. The Labute approximate surface area is 181 Å². The fourth-order valence-electron chi connectivity index (χ4n) is 3.33. The molecule has 166 valence electrons. The van der Waals surface area contributed by atoms with Crippen LogP contribution < -0.4 is 5.32 Å². The van der Waals surface area contributed by atoms with Crippen LogP contribution in [0.15, 0.2) is 24.3 Å². The van der Waals surface area contributed by atoms with Gasteiger partial charge < -0.3 is 15.0 Å². The van der Waals surface area contributed by atoms with Gasteiger partial charge in [-0.2, -0.15) is 0 Å². The summed E-state index contributed by atoms with van der Waals surface area (Å²) in [6.07, 6.45) is 0.373. The van der Waals surface area contributed by atoms with E-state index in [1.807, 2.05) is 0 Å². The third-order valence-corrected chi connectivity index (χ3v) is 7.05. The van der Waals surface area contributed by atoms with Crippen LogP contribution in [-0.2, 0) is 24.2 Å². The van der Waals surface area contributed by atoms with Crippen LogP contribution in [0.1, 0.15) is 37.6 Å². The van der Waals surface area contributed by atoms with Crippen molar-refractivity contribution < 1.29 is 27.5 Å². The highest BCUT2D eigenvalue weighted by Crippen LogP contribution is 2.18. The van der Waals surface area contributed by atoms with Gasteiger partial charge in [-0.1, -0.05) is 37.6 Å². The zero-order valence-electron chi connectivity index (χ0n) is 17.3. The highest BCUT2D eigenvalue weighted by Gasteiger charge is 2.34. The Kier molecular flexibility index (Phi) is 8.25. The van der Waals surface area contributed by atoms with Crippen LogP contribution in [0.4, 0.5) is 0 Å². The van der Waals surface area contributed by atoms with Crippen molar-refractivity contribution in [1.29, 1.82) is 0 Å². The van der Waals surface area contributed by atoms with Crippen molar-refractivity contribution >= 4 is 39.2 Å². The van der Waals surface area contributed by atoms with E-state index in [4.69, 9.17) is 16.3 Å². The summed E-state index contributed by atoms with van der Waals surface area (Å²) in [5.74, 6) is -2.05. The van der Waals surface area contributed by atoms with Gasteiger partial charge in [0.25, 0.3) is 11.8 Å². The first-order valence-corrected chi connectivity index (χ1v) is 12.0. The van der Waals surface area contributed by atoms with Gasteiger partial charge in [0.05, 0.1) is 22.1 Å². The molecule has 1 saturated heterocycles. The Morgan fingerprint density at radius 2 is 1.93 bits per heavy atom. The lowest BCUT2D eigenvalue weighted by molar-refractivity contribution is -0.155. The van der Waals surface area contributed by atoms with Gasteiger partial charge >= 0.3 is 5.97 Å². The smallest absolute Gasteiger partial charge is 0.329 e. The summed E-state index contributed by atoms with van der Waals surface area (Å²) in [6, 6.07) is 5.08. The normalized spacial score (nSPS) is 18.6. The molecule has 0 saturated carbocycles. The zero-order chi connectivity index (χ0) is 22.5. The van der Waals surface area contributed by atoms with E-state index in [-0.39, 0.29) is 28.0 Å². The van der Waals surface area contributed by atoms with Gasteiger partial charge in [-0.25, -0.2) is 13.2 Å². The zero-order valence-corrected chi connectivity index (χ0v) is 18.8. The first-order chi connectivity index (χ1) is 14.1. The van der Waals surface area contributed by atoms with Gasteiger partial charge in [-0.05, 0) is 31.4 Å². The summed E-state index contributed by atoms with van der Waals surface area (Å²) in [4.78, 5) is 38.9. The van der Waals surface area contributed by atoms with E-state index in [0.29, 0.717) is 13.0 Å². The molecule has 1 unspecified atom stereocenters. The Hall–Kier alpha value is -2.13. The minimum Gasteiger partial charge on any atom is -0.454 e. The fraction of sp³-hybridized carbons (Fsp3) is 0.550. The van der Waals surface area contributed by atoms with Crippen molar-refractivity contribution in [2.24, 2.45) is 5.92 Å². The van der Waals surface area contributed by atoms with Gasteiger partial charge in [-0.15, -0.1) is 0 Å². The Morgan fingerprint density at radius 1 is 1.27 bits per heavy atom. The maximum absolute atomic E-state index is 12.5. The lowest BCUT2D eigenvalue weighted by atomic mass is 10.0. The predicted molar refractivity (Wildman–Crippen MR) is 113 cm³/mol. The average molecular weight is 459 g/mol. The predicted octanol–water partition coefficient (Wildman–Crippen LogP) is 1.67. The molecule has 2 atom stereocenters. The Balaban J connectivity index is 1.98. The molecule has 0 spiro atoms. The third kappa shape index (κ3) is 6.18. The van der Waals surface area contributed by atoms with Crippen LogP contribution in [-0.4, -0.2) is 67.8 Å². The van der Waals surface area contributed by atoms with Crippen molar-refractivity contribution in [3.8, 4) is 0 Å². The molecule has 1 aromatic rings. The molecule has 1 heterocycles. The second kappa shape index (κ2) is 10.3. The summed E-state index contributed by atoms with van der Waals surface area (Å²) < 4.78 is 28.5.